The van der Waals surface area contributed by atoms with Gasteiger partial charge in [0.25, 0.3) is 0 Å². The number of aromatic nitrogens is 2. The van der Waals surface area contributed by atoms with E-state index in [2.05, 4.69) is 72.4 Å². The number of hydrogen-bond acceptors (Lipinski definition) is 3. The van der Waals surface area contributed by atoms with Gasteiger partial charge in [0, 0.05) is 16.8 Å². The molecule has 2 heterocycles. The first-order valence-electron chi connectivity index (χ1n) is 9.57. The Morgan fingerprint density at radius 3 is 2.64 bits per heavy atom. The molecule has 1 aliphatic rings. The van der Waals surface area contributed by atoms with Gasteiger partial charge in [-0.1, -0.05) is 42.0 Å². The van der Waals surface area contributed by atoms with E-state index in [0.29, 0.717) is 0 Å². The van der Waals surface area contributed by atoms with Gasteiger partial charge in [-0.2, -0.15) is 5.10 Å². The van der Waals surface area contributed by atoms with Crippen molar-refractivity contribution < 1.29 is 4.74 Å². The van der Waals surface area contributed by atoms with Gasteiger partial charge in [0.1, 0.15) is 5.75 Å². The Morgan fingerprint density at radius 1 is 1.00 bits per heavy atom. The maximum absolute atomic E-state index is 5.78. The van der Waals surface area contributed by atoms with Crippen molar-refractivity contribution in [2.24, 2.45) is 0 Å². The maximum Gasteiger partial charge on any atom is 0.151 e. The van der Waals surface area contributed by atoms with E-state index in [-0.39, 0.29) is 6.17 Å². The zero-order valence-corrected chi connectivity index (χ0v) is 16.6. The molecule has 1 aliphatic heterocycles. The predicted octanol–water partition coefficient (Wildman–Crippen LogP) is 5.61. The molecule has 4 aromatic rings. The van der Waals surface area contributed by atoms with E-state index in [9.17, 15) is 0 Å². The molecule has 0 spiro atoms. The van der Waals surface area contributed by atoms with Crippen LogP contribution in [0.4, 0.5) is 5.69 Å². The Labute approximate surface area is 164 Å². The fourth-order valence-electron chi connectivity index (χ4n) is 4.40. The molecule has 0 radical (unpaired) electrons. The minimum absolute atomic E-state index is 0.140. The Morgan fingerprint density at radius 2 is 1.82 bits per heavy atom. The Hall–Kier alpha value is -3.27. The lowest BCUT2D eigenvalue weighted by atomic mass is 9.95. The lowest BCUT2D eigenvalue weighted by Crippen LogP contribution is -2.27. The zero-order chi connectivity index (χ0) is 19.4. The second-order valence-corrected chi connectivity index (χ2v) is 7.57. The van der Waals surface area contributed by atoms with Crippen LogP contribution in [0.15, 0.2) is 54.6 Å². The van der Waals surface area contributed by atoms with Crippen LogP contribution in [0.5, 0.6) is 5.75 Å². The summed E-state index contributed by atoms with van der Waals surface area (Å²) in [5.74, 6) is 0.864. The summed E-state index contributed by atoms with van der Waals surface area (Å²) < 4.78 is 7.88. The van der Waals surface area contributed by atoms with E-state index in [1.54, 1.807) is 7.11 Å². The zero-order valence-electron chi connectivity index (χ0n) is 16.6. The van der Waals surface area contributed by atoms with E-state index in [1.165, 1.54) is 27.5 Å². The lowest BCUT2D eigenvalue weighted by molar-refractivity contribution is 0.403. The minimum Gasteiger partial charge on any atom is -0.496 e. The Balaban J connectivity index is 1.82. The minimum atomic E-state index is -0.140. The molecule has 0 saturated heterocycles. The van der Waals surface area contributed by atoms with Gasteiger partial charge in [0.05, 0.1) is 18.5 Å². The normalized spacial score (nSPS) is 15.1. The summed E-state index contributed by atoms with van der Waals surface area (Å²) in [6.45, 7) is 6.35. The van der Waals surface area contributed by atoms with Crippen LogP contribution < -0.4 is 10.1 Å². The summed E-state index contributed by atoms with van der Waals surface area (Å²) in [5.41, 5.74) is 8.11. The van der Waals surface area contributed by atoms with Crippen molar-refractivity contribution in [3.05, 3.63) is 77.0 Å². The quantitative estimate of drug-likeness (QED) is 0.499. The Kier molecular flexibility index (Phi) is 3.69. The molecular formula is C24H23N3O. The van der Waals surface area contributed by atoms with Crippen LogP contribution in [-0.2, 0) is 0 Å². The van der Waals surface area contributed by atoms with E-state index in [4.69, 9.17) is 9.84 Å². The van der Waals surface area contributed by atoms with Crippen molar-refractivity contribution >= 4 is 16.5 Å². The van der Waals surface area contributed by atoms with Crippen molar-refractivity contribution in [1.29, 1.82) is 0 Å². The average molecular weight is 369 g/mol. The van der Waals surface area contributed by atoms with Crippen LogP contribution in [0.1, 0.15) is 28.6 Å². The molecule has 1 aromatic heterocycles. The average Bonchev–Trinajstić information content (AvgIpc) is 3.08. The molecule has 4 heteroatoms. The first-order chi connectivity index (χ1) is 13.6. The smallest absolute Gasteiger partial charge is 0.151 e. The molecule has 0 fully saturated rings. The van der Waals surface area contributed by atoms with E-state index >= 15 is 0 Å². The van der Waals surface area contributed by atoms with Crippen LogP contribution in [-0.4, -0.2) is 16.9 Å². The summed E-state index contributed by atoms with van der Waals surface area (Å²) in [7, 11) is 1.73. The van der Waals surface area contributed by atoms with Crippen molar-refractivity contribution in [3.8, 4) is 17.0 Å². The molecule has 5 rings (SSSR count). The topological polar surface area (TPSA) is 39.1 Å². The van der Waals surface area contributed by atoms with Crippen molar-refractivity contribution in [3.63, 3.8) is 0 Å². The molecule has 1 atom stereocenters. The SMILES string of the molecule is COc1ccc2ccccc2c1C1Nc2c(C)cc(C)cc2-c2cc(C)nn21. The summed E-state index contributed by atoms with van der Waals surface area (Å²) in [5, 5.41) is 11.0. The third-order valence-corrected chi connectivity index (χ3v) is 5.56. The number of nitrogens with one attached hydrogen (secondary N) is 1. The molecule has 28 heavy (non-hydrogen) atoms. The highest BCUT2D eigenvalue weighted by molar-refractivity contribution is 5.90. The highest BCUT2D eigenvalue weighted by atomic mass is 16.5. The highest BCUT2D eigenvalue weighted by Gasteiger charge is 2.30. The second-order valence-electron chi connectivity index (χ2n) is 7.57. The summed E-state index contributed by atoms with van der Waals surface area (Å²) >= 11 is 0. The third-order valence-electron chi connectivity index (χ3n) is 5.56. The number of aryl methyl sites for hydroxylation is 3. The van der Waals surface area contributed by atoms with Crippen LogP contribution in [0.25, 0.3) is 22.0 Å². The lowest BCUT2D eigenvalue weighted by Gasteiger charge is -2.32. The molecule has 0 saturated carbocycles. The monoisotopic (exact) mass is 369 g/mol. The number of ether oxygens (including phenoxy) is 1. The fourth-order valence-corrected chi connectivity index (χ4v) is 4.40. The van der Waals surface area contributed by atoms with Gasteiger partial charge in [0.2, 0.25) is 0 Å². The van der Waals surface area contributed by atoms with Gasteiger partial charge < -0.3 is 10.1 Å². The molecule has 0 amide bonds. The molecule has 3 aromatic carbocycles. The van der Waals surface area contributed by atoms with E-state index in [1.807, 2.05) is 13.0 Å². The molecule has 1 N–H and O–H groups in total. The summed E-state index contributed by atoms with van der Waals surface area (Å²) in [6, 6.07) is 19.2. The van der Waals surface area contributed by atoms with Gasteiger partial charge in [0.15, 0.2) is 6.17 Å². The van der Waals surface area contributed by atoms with Crippen molar-refractivity contribution in [2.75, 3.05) is 12.4 Å². The van der Waals surface area contributed by atoms with Crippen molar-refractivity contribution in [1.82, 2.24) is 9.78 Å². The second kappa shape index (κ2) is 6.13. The first kappa shape index (κ1) is 16.9. The summed E-state index contributed by atoms with van der Waals surface area (Å²) in [4.78, 5) is 0. The van der Waals surface area contributed by atoms with E-state index < -0.39 is 0 Å². The number of nitrogens with zero attached hydrogens (tertiary/aromatic N) is 2. The number of methoxy groups -OCH3 is 1. The number of benzene rings is 3. The molecule has 0 bridgehead atoms. The fraction of sp³-hybridized carbons (Fsp3) is 0.208. The van der Waals surface area contributed by atoms with Gasteiger partial charge in [-0.25, -0.2) is 4.68 Å². The van der Waals surface area contributed by atoms with Gasteiger partial charge in [-0.3, -0.25) is 0 Å². The van der Waals surface area contributed by atoms with Crippen LogP contribution in [0.3, 0.4) is 0 Å². The van der Waals surface area contributed by atoms with Crippen LogP contribution in [0.2, 0.25) is 0 Å². The highest BCUT2D eigenvalue weighted by Crippen LogP contribution is 2.44. The number of fused-ring (bicyclic) bond motifs is 4. The van der Waals surface area contributed by atoms with Gasteiger partial charge >= 0.3 is 0 Å². The molecular weight excluding hydrogens is 346 g/mol. The number of rotatable bonds is 2. The molecule has 4 nitrogen and oxygen atoms in total. The van der Waals surface area contributed by atoms with Crippen LogP contribution in [0, 0.1) is 20.8 Å². The standard InChI is InChI=1S/C24H23N3O/c1-14-11-15(2)23-19(12-14)20-13-16(3)26-27(20)24(25-23)22-18-8-6-5-7-17(18)9-10-21(22)28-4/h5-13,24-25H,1-4H3. The Bertz CT molecular complexity index is 1220. The number of anilines is 1. The van der Waals surface area contributed by atoms with Gasteiger partial charge in [-0.15, -0.1) is 0 Å². The van der Waals surface area contributed by atoms with Gasteiger partial charge in [-0.05, 0) is 55.3 Å². The van der Waals surface area contributed by atoms with E-state index in [0.717, 1.165) is 28.4 Å². The first-order valence-corrected chi connectivity index (χ1v) is 9.57. The predicted molar refractivity (Wildman–Crippen MR) is 114 cm³/mol. The third kappa shape index (κ3) is 2.41. The molecule has 140 valence electrons. The maximum atomic E-state index is 5.78. The number of hydrogen-bond donors (Lipinski definition) is 1. The van der Waals surface area contributed by atoms with Crippen molar-refractivity contribution in [2.45, 2.75) is 26.9 Å². The molecule has 1 unspecified atom stereocenters. The van der Waals surface area contributed by atoms with Crippen LogP contribution >= 0.6 is 0 Å². The largest absolute Gasteiger partial charge is 0.496 e. The summed E-state index contributed by atoms with van der Waals surface area (Å²) in [6.07, 6.45) is -0.140. The molecule has 0 aliphatic carbocycles.